The summed E-state index contributed by atoms with van der Waals surface area (Å²) >= 11 is 0. The molecule has 0 bridgehead atoms. The number of nitro groups is 1. The molecule has 0 fully saturated rings. The number of furan rings is 1. The van der Waals surface area contributed by atoms with Gasteiger partial charge in [-0.25, -0.2) is 0 Å². The zero-order valence-corrected chi connectivity index (χ0v) is 14.0. The monoisotopic (exact) mass is 348 g/mol. The molecular weight excluding hydrogens is 332 g/mol. The Balaban J connectivity index is 1.65. The van der Waals surface area contributed by atoms with Crippen LogP contribution in [-0.2, 0) is 4.79 Å². The van der Waals surface area contributed by atoms with Crippen molar-refractivity contribution < 1.29 is 14.1 Å². The maximum absolute atomic E-state index is 11.9. The summed E-state index contributed by atoms with van der Waals surface area (Å²) in [5.74, 6) is 0.818. The number of aryl methyl sites for hydroxylation is 1. The Hall–Kier alpha value is -3.67. The van der Waals surface area contributed by atoms with Crippen LogP contribution in [0.1, 0.15) is 11.3 Å². The second-order valence-corrected chi connectivity index (χ2v) is 5.69. The van der Waals surface area contributed by atoms with Gasteiger partial charge in [-0.1, -0.05) is 17.7 Å². The molecule has 0 saturated heterocycles. The van der Waals surface area contributed by atoms with Crippen LogP contribution in [0.25, 0.3) is 17.4 Å². The summed E-state index contributed by atoms with van der Waals surface area (Å²) in [5.41, 5.74) is 2.58. The van der Waals surface area contributed by atoms with Crippen LogP contribution in [-0.4, -0.2) is 10.8 Å². The molecule has 6 heteroatoms. The van der Waals surface area contributed by atoms with Crippen molar-refractivity contribution in [3.63, 3.8) is 0 Å². The van der Waals surface area contributed by atoms with E-state index in [0.717, 1.165) is 16.8 Å². The molecule has 1 heterocycles. The van der Waals surface area contributed by atoms with E-state index in [0.29, 0.717) is 11.5 Å². The molecule has 26 heavy (non-hydrogen) atoms. The van der Waals surface area contributed by atoms with E-state index in [-0.39, 0.29) is 11.6 Å². The third-order valence-corrected chi connectivity index (χ3v) is 3.71. The summed E-state index contributed by atoms with van der Waals surface area (Å²) in [4.78, 5) is 22.2. The largest absolute Gasteiger partial charge is 0.457 e. The molecule has 1 N–H and O–H groups in total. The summed E-state index contributed by atoms with van der Waals surface area (Å²) in [7, 11) is 0. The molecule has 130 valence electrons. The van der Waals surface area contributed by atoms with E-state index in [1.807, 2.05) is 31.2 Å². The molecule has 3 rings (SSSR count). The summed E-state index contributed by atoms with van der Waals surface area (Å²) in [6.45, 7) is 1.98. The molecule has 0 aliphatic rings. The molecule has 6 nitrogen and oxygen atoms in total. The number of carbonyl (C=O) groups excluding carboxylic acids is 1. The van der Waals surface area contributed by atoms with Crippen molar-refractivity contribution in [2.24, 2.45) is 0 Å². The number of hydrogen-bond donors (Lipinski definition) is 1. The third-order valence-electron chi connectivity index (χ3n) is 3.71. The number of amides is 1. The van der Waals surface area contributed by atoms with Crippen molar-refractivity contribution in [2.75, 3.05) is 5.32 Å². The van der Waals surface area contributed by atoms with Gasteiger partial charge in [-0.15, -0.1) is 0 Å². The third kappa shape index (κ3) is 4.24. The number of rotatable bonds is 5. The molecule has 0 saturated carbocycles. The lowest BCUT2D eigenvalue weighted by Crippen LogP contribution is -2.07. The van der Waals surface area contributed by atoms with Crippen molar-refractivity contribution in [3.8, 4) is 11.3 Å². The van der Waals surface area contributed by atoms with Crippen molar-refractivity contribution in [1.82, 2.24) is 0 Å². The van der Waals surface area contributed by atoms with Crippen LogP contribution in [0.15, 0.2) is 71.2 Å². The van der Waals surface area contributed by atoms with Gasteiger partial charge in [0.1, 0.15) is 11.5 Å². The molecule has 2 aromatic carbocycles. The van der Waals surface area contributed by atoms with Gasteiger partial charge in [0, 0.05) is 29.5 Å². The Kier molecular flexibility index (Phi) is 4.94. The Morgan fingerprint density at radius 3 is 2.38 bits per heavy atom. The van der Waals surface area contributed by atoms with E-state index in [9.17, 15) is 14.9 Å². The average Bonchev–Trinajstić information content (AvgIpc) is 3.11. The number of nitrogens with one attached hydrogen (secondary N) is 1. The highest BCUT2D eigenvalue weighted by molar-refractivity contribution is 6.01. The van der Waals surface area contributed by atoms with Gasteiger partial charge < -0.3 is 9.73 Å². The van der Waals surface area contributed by atoms with Crippen molar-refractivity contribution >= 4 is 23.4 Å². The first kappa shape index (κ1) is 17.2. The highest BCUT2D eigenvalue weighted by atomic mass is 16.6. The number of benzene rings is 2. The van der Waals surface area contributed by atoms with E-state index >= 15 is 0 Å². The number of carbonyl (C=O) groups is 1. The van der Waals surface area contributed by atoms with Gasteiger partial charge in [0.2, 0.25) is 5.91 Å². The second kappa shape index (κ2) is 7.48. The number of nitro benzene ring substituents is 1. The molecule has 0 atom stereocenters. The van der Waals surface area contributed by atoms with Gasteiger partial charge in [-0.2, -0.15) is 0 Å². The quantitative estimate of drug-likeness (QED) is 0.407. The van der Waals surface area contributed by atoms with Gasteiger partial charge in [-0.3, -0.25) is 14.9 Å². The summed E-state index contributed by atoms with van der Waals surface area (Å²) in [6.07, 6.45) is 2.96. The Morgan fingerprint density at radius 1 is 1.04 bits per heavy atom. The molecule has 3 aromatic rings. The van der Waals surface area contributed by atoms with Gasteiger partial charge in [-0.05, 0) is 49.4 Å². The summed E-state index contributed by atoms with van der Waals surface area (Å²) in [5, 5.41) is 13.4. The van der Waals surface area contributed by atoms with Gasteiger partial charge in [0.05, 0.1) is 4.92 Å². The lowest BCUT2D eigenvalue weighted by atomic mass is 10.1. The van der Waals surface area contributed by atoms with Gasteiger partial charge in [0.25, 0.3) is 5.69 Å². The predicted molar refractivity (Wildman–Crippen MR) is 99.6 cm³/mol. The normalized spacial score (nSPS) is 10.8. The topological polar surface area (TPSA) is 85.4 Å². The van der Waals surface area contributed by atoms with E-state index in [1.165, 1.54) is 18.2 Å². The average molecular weight is 348 g/mol. The number of hydrogen-bond acceptors (Lipinski definition) is 4. The zero-order chi connectivity index (χ0) is 18.5. The Bertz CT molecular complexity index is 954. The standard InChI is InChI=1S/C20H16N2O4/c1-14-2-6-16(7-3-14)21-20(23)13-11-18-10-12-19(26-18)15-4-8-17(9-5-15)22(24)25/h2-13H,1H3,(H,21,23)/b13-11+. The first-order valence-electron chi connectivity index (χ1n) is 7.92. The van der Waals surface area contributed by atoms with Gasteiger partial charge >= 0.3 is 0 Å². The molecule has 0 radical (unpaired) electrons. The van der Waals surface area contributed by atoms with Crippen molar-refractivity contribution in [1.29, 1.82) is 0 Å². The first-order chi connectivity index (χ1) is 12.5. The molecular formula is C20H16N2O4. The maximum atomic E-state index is 11.9. The highest BCUT2D eigenvalue weighted by Crippen LogP contribution is 2.25. The van der Waals surface area contributed by atoms with Crippen LogP contribution in [0, 0.1) is 17.0 Å². The van der Waals surface area contributed by atoms with Crippen LogP contribution in [0.3, 0.4) is 0 Å². The molecule has 0 unspecified atom stereocenters. The highest BCUT2D eigenvalue weighted by Gasteiger charge is 2.08. The lowest BCUT2D eigenvalue weighted by molar-refractivity contribution is -0.384. The Labute approximate surface area is 149 Å². The number of anilines is 1. The zero-order valence-electron chi connectivity index (χ0n) is 14.0. The maximum Gasteiger partial charge on any atom is 0.269 e. The number of nitrogens with zero attached hydrogens (tertiary/aromatic N) is 1. The second-order valence-electron chi connectivity index (χ2n) is 5.69. The summed E-state index contributed by atoms with van der Waals surface area (Å²) < 4.78 is 5.65. The van der Waals surface area contributed by atoms with Crippen molar-refractivity contribution in [3.05, 3.63) is 88.2 Å². The molecule has 0 aliphatic heterocycles. The van der Waals surface area contributed by atoms with Crippen molar-refractivity contribution in [2.45, 2.75) is 6.92 Å². The fourth-order valence-electron chi connectivity index (χ4n) is 2.32. The van der Waals surface area contributed by atoms with Crippen LogP contribution in [0.4, 0.5) is 11.4 Å². The molecule has 0 spiro atoms. The minimum Gasteiger partial charge on any atom is -0.457 e. The van der Waals surface area contributed by atoms with Crippen LogP contribution in [0.2, 0.25) is 0 Å². The van der Waals surface area contributed by atoms with Crippen LogP contribution < -0.4 is 5.32 Å². The molecule has 1 aromatic heterocycles. The minimum absolute atomic E-state index is 0.0215. The predicted octanol–water partition coefficient (Wildman–Crippen LogP) is 4.82. The smallest absolute Gasteiger partial charge is 0.269 e. The molecule has 1 amide bonds. The lowest BCUT2D eigenvalue weighted by Gasteiger charge is -2.01. The Morgan fingerprint density at radius 2 is 1.73 bits per heavy atom. The van der Waals surface area contributed by atoms with Crippen LogP contribution in [0.5, 0.6) is 0 Å². The molecule has 0 aliphatic carbocycles. The van der Waals surface area contributed by atoms with Crippen LogP contribution >= 0.6 is 0 Å². The fourth-order valence-corrected chi connectivity index (χ4v) is 2.32. The minimum atomic E-state index is -0.452. The fraction of sp³-hybridized carbons (Fsp3) is 0.0500. The first-order valence-corrected chi connectivity index (χ1v) is 7.92. The SMILES string of the molecule is Cc1ccc(NC(=O)/C=C/c2ccc(-c3ccc([N+](=O)[O-])cc3)o2)cc1. The summed E-state index contributed by atoms with van der Waals surface area (Å²) in [6, 6.07) is 17.1. The van der Waals surface area contributed by atoms with E-state index in [1.54, 1.807) is 30.3 Å². The van der Waals surface area contributed by atoms with E-state index < -0.39 is 4.92 Å². The van der Waals surface area contributed by atoms with E-state index in [4.69, 9.17) is 4.42 Å². The van der Waals surface area contributed by atoms with E-state index in [2.05, 4.69) is 5.32 Å². The number of non-ortho nitro benzene ring substituents is 1. The van der Waals surface area contributed by atoms with Gasteiger partial charge in [0.15, 0.2) is 0 Å².